The maximum Gasteiger partial charge on any atom is 0.129 e. The summed E-state index contributed by atoms with van der Waals surface area (Å²) in [6.07, 6.45) is 5.04. The molecule has 0 saturated carbocycles. The van der Waals surface area contributed by atoms with Crippen molar-refractivity contribution in [3.8, 4) is 11.5 Å². The Morgan fingerprint density at radius 1 is 1.25 bits per heavy atom. The normalized spacial score (nSPS) is 16.8. The fourth-order valence-corrected chi connectivity index (χ4v) is 1.69. The third kappa shape index (κ3) is 2.24. The summed E-state index contributed by atoms with van der Waals surface area (Å²) in [6, 6.07) is 5.82. The SMILES string of the molecule is COc1ccc(/C=C2/C=NCC2)c(OC)c1. The third-order valence-electron chi connectivity index (χ3n) is 2.57. The Labute approximate surface area is 95.4 Å². The molecule has 1 aromatic carbocycles. The van der Waals surface area contributed by atoms with Gasteiger partial charge in [-0.1, -0.05) is 0 Å². The Bertz CT molecular complexity index is 436. The zero-order chi connectivity index (χ0) is 11.4. The van der Waals surface area contributed by atoms with Crippen LogP contribution in [0.3, 0.4) is 0 Å². The van der Waals surface area contributed by atoms with E-state index in [0.717, 1.165) is 30.0 Å². The Kier molecular flexibility index (Phi) is 3.25. The topological polar surface area (TPSA) is 30.8 Å². The van der Waals surface area contributed by atoms with E-state index < -0.39 is 0 Å². The van der Waals surface area contributed by atoms with Crippen LogP contribution in [0.2, 0.25) is 0 Å². The van der Waals surface area contributed by atoms with E-state index in [1.165, 1.54) is 5.57 Å². The maximum atomic E-state index is 5.33. The Balaban J connectivity index is 2.33. The molecule has 1 aliphatic heterocycles. The number of rotatable bonds is 3. The molecule has 0 N–H and O–H groups in total. The number of methoxy groups -OCH3 is 2. The lowest BCUT2D eigenvalue weighted by Gasteiger charge is -2.07. The van der Waals surface area contributed by atoms with Crippen molar-refractivity contribution in [2.75, 3.05) is 20.8 Å². The van der Waals surface area contributed by atoms with Crippen LogP contribution < -0.4 is 9.47 Å². The third-order valence-corrected chi connectivity index (χ3v) is 2.57. The van der Waals surface area contributed by atoms with Crippen molar-refractivity contribution < 1.29 is 9.47 Å². The predicted molar refractivity (Wildman–Crippen MR) is 65.5 cm³/mol. The first kappa shape index (κ1) is 10.7. The second kappa shape index (κ2) is 4.84. The molecule has 0 radical (unpaired) electrons. The van der Waals surface area contributed by atoms with E-state index in [9.17, 15) is 0 Å². The molecule has 0 atom stereocenters. The van der Waals surface area contributed by atoms with E-state index in [0.29, 0.717) is 0 Å². The molecule has 0 saturated heterocycles. The van der Waals surface area contributed by atoms with Gasteiger partial charge in [0.25, 0.3) is 0 Å². The highest BCUT2D eigenvalue weighted by atomic mass is 16.5. The average molecular weight is 217 g/mol. The number of hydrogen-bond acceptors (Lipinski definition) is 3. The molecule has 1 aliphatic rings. The second-order valence-corrected chi connectivity index (χ2v) is 3.61. The van der Waals surface area contributed by atoms with Crippen molar-refractivity contribution in [2.45, 2.75) is 6.42 Å². The van der Waals surface area contributed by atoms with E-state index >= 15 is 0 Å². The lowest BCUT2D eigenvalue weighted by atomic mass is 10.1. The van der Waals surface area contributed by atoms with Gasteiger partial charge in [0.15, 0.2) is 0 Å². The zero-order valence-electron chi connectivity index (χ0n) is 9.56. The molecule has 3 heteroatoms. The van der Waals surface area contributed by atoms with Crippen LogP contribution >= 0.6 is 0 Å². The molecule has 3 nitrogen and oxygen atoms in total. The minimum Gasteiger partial charge on any atom is -0.497 e. The van der Waals surface area contributed by atoms with Crippen LogP contribution in [0.25, 0.3) is 6.08 Å². The van der Waals surface area contributed by atoms with Gasteiger partial charge in [-0.3, -0.25) is 4.99 Å². The van der Waals surface area contributed by atoms with Gasteiger partial charge in [0.1, 0.15) is 11.5 Å². The van der Waals surface area contributed by atoms with Gasteiger partial charge in [-0.05, 0) is 30.2 Å². The highest BCUT2D eigenvalue weighted by molar-refractivity contribution is 5.88. The predicted octanol–water partition coefficient (Wildman–Crippen LogP) is 2.56. The number of benzene rings is 1. The summed E-state index contributed by atoms with van der Waals surface area (Å²) < 4.78 is 10.5. The van der Waals surface area contributed by atoms with Crippen LogP contribution in [0.4, 0.5) is 0 Å². The minimum atomic E-state index is 0.805. The summed E-state index contributed by atoms with van der Waals surface area (Å²) in [7, 11) is 3.32. The van der Waals surface area contributed by atoms with Gasteiger partial charge in [0.05, 0.1) is 14.2 Å². The maximum absolute atomic E-state index is 5.33. The van der Waals surface area contributed by atoms with Gasteiger partial charge in [-0.25, -0.2) is 0 Å². The molecule has 1 aromatic rings. The molecule has 0 fully saturated rings. The fraction of sp³-hybridized carbons (Fsp3) is 0.308. The number of nitrogens with zero attached hydrogens (tertiary/aromatic N) is 1. The molecule has 0 spiro atoms. The highest BCUT2D eigenvalue weighted by Crippen LogP contribution is 2.27. The average Bonchev–Trinajstić information content (AvgIpc) is 2.82. The molecule has 16 heavy (non-hydrogen) atoms. The lowest BCUT2D eigenvalue weighted by Crippen LogP contribution is -1.90. The summed E-state index contributed by atoms with van der Waals surface area (Å²) in [6.45, 7) is 0.893. The molecule has 0 bridgehead atoms. The first-order valence-electron chi connectivity index (χ1n) is 5.26. The van der Waals surface area contributed by atoms with E-state index in [2.05, 4.69) is 11.1 Å². The van der Waals surface area contributed by atoms with E-state index in [1.54, 1.807) is 14.2 Å². The number of ether oxygens (including phenoxy) is 2. The molecule has 1 heterocycles. The van der Waals surface area contributed by atoms with Crippen molar-refractivity contribution in [1.29, 1.82) is 0 Å². The van der Waals surface area contributed by atoms with Gasteiger partial charge in [0, 0.05) is 24.4 Å². The second-order valence-electron chi connectivity index (χ2n) is 3.61. The van der Waals surface area contributed by atoms with Gasteiger partial charge in [-0.15, -0.1) is 0 Å². The molecular formula is C13H15NO2. The molecule has 2 rings (SSSR count). The van der Waals surface area contributed by atoms with Crippen LogP contribution in [-0.4, -0.2) is 27.0 Å². The lowest BCUT2D eigenvalue weighted by molar-refractivity contribution is 0.393. The molecule has 0 aromatic heterocycles. The fourth-order valence-electron chi connectivity index (χ4n) is 1.69. The monoisotopic (exact) mass is 217 g/mol. The summed E-state index contributed by atoms with van der Waals surface area (Å²) >= 11 is 0. The Morgan fingerprint density at radius 2 is 2.12 bits per heavy atom. The summed E-state index contributed by atoms with van der Waals surface area (Å²) in [5.41, 5.74) is 2.30. The Morgan fingerprint density at radius 3 is 2.75 bits per heavy atom. The largest absolute Gasteiger partial charge is 0.497 e. The summed E-state index contributed by atoms with van der Waals surface area (Å²) in [5, 5.41) is 0. The smallest absolute Gasteiger partial charge is 0.129 e. The van der Waals surface area contributed by atoms with Crippen LogP contribution in [0.5, 0.6) is 11.5 Å². The molecule has 0 aliphatic carbocycles. The summed E-state index contributed by atoms with van der Waals surface area (Å²) in [4.78, 5) is 4.19. The minimum absolute atomic E-state index is 0.805. The van der Waals surface area contributed by atoms with E-state index in [4.69, 9.17) is 9.47 Å². The van der Waals surface area contributed by atoms with Crippen molar-refractivity contribution in [2.24, 2.45) is 4.99 Å². The zero-order valence-corrected chi connectivity index (χ0v) is 9.56. The van der Waals surface area contributed by atoms with Gasteiger partial charge in [0.2, 0.25) is 0 Å². The summed E-state index contributed by atoms with van der Waals surface area (Å²) in [5.74, 6) is 1.63. The van der Waals surface area contributed by atoms with Crippen LogP contribution in [0.15, 0.2) is 28.8 Å². The van der Waals surface area contributed by atoms with Gasteiger partial charge < -0.3 is 9.47 Å². The van der Waals surface area contributed by atoms with Gasteiger partial charge >= 0.3 is 0 Å². The first-order valence-corrected chi connectivity index (χ1v) is 5.26. The van der Waals surface area contributed by atoms with Crippen molar-refractivity contribution in [1.82, 2.24) is 0 Å². The Hall–Kier alpha value is -1.77. The molecule has 84 valence electrons. The first-order chi connectivity index (χ1) is 7.83. The van der Waals surface area contributed by atoms with Crippen LogP contribution in [-0.2, 0) is 0 Å². The van der Waals surface area contributed by atoms with E-state index in [-0.39, 0.29) is 0 Å². The number of hydrogen-bond donors (Lipinski definition) is 0. The number of aliphatic imine (C=N–C) groups is 1. The van der Waals surface area contributed by atoms with Crippen molar-refractivity contribution in [3.05, 3.63) is 29.3 Å². The van der Waals surface area contributed by atoms with Crippen LogP contribution in [0, 0.1) is 0 Å². The van der Waals surface area contributed by atoms with Gasteiger partial charge in [-0.2, -0.15) is 0 Å². The highest BCUT2D eigenvalue weighted by Gasteiger charge is 2.05. The standard InChI is InChI=1S/C13H15NO2/c1-15-12-4-3-11(13(8-12)16-2)7-10-5-6-14-9-10/h3-4,7-9H,5-6H2,1-2H3/b10-7+. The molecular weight excluding hydrogens is 202 g/mol. The van der Waals surface area contributed by atoms with Crippen molar-refractivity contribution >= 4 is 12.3 Å². The van der Waals surface area contributed by atoms with E-state index in [1.807, 2.05) is 24.4 Å². The van der Waals surface area contributed by atoms with Crippen molar-refractivity contribution in [3.63, 3.8) is 0 Å². The molecule has 0 amide bonds. The van der Waals surface area contributed by atoms with Crippen LogP contribution in [0.1, 0.15) is 12.0 Å². The quantitative estimate of drug-likeness (QED) is 0.779. The molecule has 0 unspecified atom stereocenters.